The van der Waals surface area contributed by atoms with Gasteiger partial charge in [0.2, 0.25) is 5.91 Å². The molecule has 4 heterocycles. The molecule has 1 aromatic carbocycles. The summed E-state index contributed by atoms with van der Waals surface area (Å²) in [5.41, 5.74) is 0.903. The van der Waals surface area contributed by atoms with Crippen LogP contribution in [0.15, 0.2) is 24.3 Å². The summed E-state index contributed by atoms with van der Waals surface area (Å²) in [6.07, 6.45) is 1.42. The highest BCUT2D eigenvalue weighted by molar-refractivity contribution is 6.14. The van der Waals surface area contributed by atoms with Gasteiger partial charge in [0, 0.05) is 23.9 Å². The van der Waals surface area contributed by atoms with Crippen LogP contribution >= 0.6 is 0 Å². The second-order valence-electron chi connectivity index (χ2n) is 8.75. The monoisotopic (exact) mass is 381 g/mol. The second-order valence-corrected chi connectivity index (χ2v) is 8.75. The van der Waals surface area contributed by atoms with Crippen LogP contribution in [0.3, 0.4) is 0 Å². The van der Waals surface area contributed by atoms with Crippen molar-refractivity contribution in [2.24, 2.45) is 0 Å². The summed E-state index contributed by atoms with van der Waals surface area (Å²) in [5, 5.41) is 0.888. The van der Waals surface area contributed by atoms with Crippen LogP contribution in [-0.2, 0) is 20.7 Å². The zero-order valence-corrected chi connectivity index (χ0v) is 16.3. The van der Waals surface area contributed by atoms with Gasteiger partial charge in [-0.3, -0.25) is 14.5 Å². The van der Waals surface area contributed by atoms with Gasteiger partial charge in [0.1, 0.15) is 23.5 Å². The lowest BCUT2D eigenvalue weighted by molar-refractivity contribution is -0.143. The van der Waals surface area contributed by atoms with Gasteiger partial charge in [0.05, 0.1) is 5.52 Å². The van der Waals surface area contributed by atoms with E-state index >= 15 is 0 Å². The number of anilines is 1. The fraction of sp³-hybridized carbons (Fsp3) is 0.476. The minimum Gasteiger partial charge on any atom is -0.443 e. The van der Waals surface area contributed by atoms with E-state index in [4.69, 9.17) is 4.74 Å². The quantitative estimate of drug-likeness (QED) is 0.703. The molecule has 2 amide bonds. The molecule has 0 N–H and O–H groups in total. The van der Waals surface area contributed by atoms with Crippen molar-refractivity contribution in [2.45, 2.75) is 57.7 Å². The lowest BCUT2D eigenvalue weighted by Gasteiger charge is -2.39. The number of hydrogen-bond acceptors (Lipinski definition) is 4. The van der Waals surface area contributed by atoms with Gasteiger partial charge in [-0.25, -0.2) is 9.36 Å². The number of rotatable bonds is 0. The number of hydrogen-bond donors (Lipinski definition) is 0. The van der Waals surface area contributed by atoms with Crippen LogP contribution in [0, 0.1) is 0 Å². The van der Waals surface area contributed by atoms with Gasteiger partial charge in [0.15, 0.2) is 0 Å². The van der Waals surface area contributed by atoms with E-state index in [2.05, 4.69) is 0 Å². The third-order valence-corrected chi connectivity index (χ3v) is 5.81. The summed E-state index contributed by atoms with van der Waals surface area (Å²) in [4.78, 5) is 42.7. The number of aromatic nitrogens is 1. The van der Waals surface area contributed by atoms with E-state index in [1.54, 1.807) is 9.80 Å². The molecule has 0 spiro atoms. The van der Waals surface area contributed by atoms with Crippen molar-refractivity contribution in [3.8, 4) is 0 Å². The standard InChI is InChI=1S/C21H23N3O4/c1-21(2,3)28-20(27)24-14-8-5-4-7-12(14)13-11-16-18(25)22-10-6-9-15(22)19(26)23(16)17(13)24/h4-5,7-8,15-16H,6,9-11H2,1-3H3/t15-,16-/m0/s1. The normalized spacial score (nSPS) is 23.8. The Hall–Kier alpha value is -2.83. The predicted octanol–water partition coefficient (Wildman–Crippen LogP) is 2.69. The van der Waals surface area contributed by atoms with E-state index in [-0.39, 0.29) is 11.8 Å². The zero-order chi connectivity index (χ0) is 19.8. The average molecular weight is 381 g/mol. The summed E-state index contributed by atoms with van der Waals surface area (Å²) in [7, 11) is 0. The Morgan fingerprint density at radius 2 is 1.86 bits per heavy atom. The fourth-order valence-electron chi connectivity index (χ4n) is 4.77. The van der Waals surface area contributed by atoms with Gasteiger partial charge in [-0.15, -0.1) is 0 Å². The first-order valence-corrected chi connectivity index (χ1v) is 9.77. The number of fused-ring (bicyclic) bond motifs is 6. The molecule has 7 nitrogen and oxygen atoms in total. The number of piperazine rings is 1. The van der Waals surface area contributed by atoms with Gasteiger partial charge in [-0.05, 0) is 39.7 Å². The molecule has 0 saturated carbocycles. The number of nitrogens with zero attached hydrogens (tertiary/aromatic N) is 3. The molecular formula is C21H23N3O4. The Morgan fingerprint density at radius 1 is 1.11 bits per heavy atom. The number of carbonyl (C=O) groups is 3. The van der Waals surface area contributed by atoms with Crippen LogP contribution in [-0.4, -0.2) is 51.6 Å². The fourth-order valence-corrected chi connectivity index (χ4v) is 4.77. The van der Waals surface area contributed by atoms with E-state index < -0.39 is 23.8 Å². The Labute approximate surface area is 162 Å². The minimum atomic E-state index is -0.669. The van der Waals surface area contributed by atoms with Crippen LogP contribution < -0.4 is 4.90 Å². The molecular weight excluding hydrogens is 358 g/mol. The maximum absolute atomic E-state index is 13.3. The molecule has 3 aliphatic rings. The average Bonchev–Trinajstić information content (AvgIpc) is 3.31. The largest absolute Gasteiger partial charge is 0.443 e. The number of para-hydroxylation sites is 1. The van der Waals surface area contributed by atoms with Gasteiger partial charge in [-0.1, -0.05) is 18.2 Å². The van der Waals surface area contributed by atoms with Crippen molar-refractivity contribution >= 4 is 34.6 Å². The van der Waals surface area contributed by atoms with Crippen molar-refractivity contribution < 1.29 is 19.1 Å². The molecule has 0 radical (unpaired) electrons. The van der Waals surface area contributed by atoms with Crippen molar-refractivity contribution in [2.75, 3.05) is 11.4 Å². The molecule has 3 aliphatic heterocycles. The highest BCUT2D eigenvalue weighted by Crippen LogP contribution is 2.44. The molecule has 2 saturated heterocycles. The second kappa shape index (κ2) is 5.59. The number of amides is 2. The predicted molar refractivity (Wildman–Crippen MR) is 103 cm³/mol. The zero-order valence-electron chi connectivity index (χ0n) is 16.3. The van der Waals surface area contributed by atoms with Crippen molar-refractivity contribution in [1.29, 1.82) is 0 Å². The maximum atomic E-state index is 13.3. The lowest BCUT2D eigenvalue weighted by Crippen LogP contribution is -2.62. The molecule has 0 unspecified atom stereocenters. The maximum Gasteiger partial charge on any atom is 0.420 e. The summed E-state index contributed by atoms with van der Waals surface area (Å²) >= 11 is 0. The first kappa shape index (κ1) is 17.3. The Bertz CT molecular complexity index is 1030. The van der Waals surface area contributed by atoms with Crippen molar-refractivity contribution in [3.05, 3.63) is 29.8 Å². The van der Waals surface area contributed by atoms with Gasteiger partial charge < -0.3 is 9.64 Å². The molecule has 0 aliphatic carbocycles. The number of carbonyl (C=O) groups excluding carboxylic acids is 3. The SMILES string of the molecule is CC(C)(C)OC(=O)n1c2c(c3ccccc31)C[C@H]1C(=O)N3CCC[C@H]3C(=O)N21. The van der Waals surface area contributed by atoms with Gasteiger partial charge >= 0.3 is 6.09 Å². The topological polar surface area (TPSA) is 71.8 Å². The van der Waals surface area contributed by atoms with Crippen LogP contribution in [0.2, 0.25) is 0 Å². The molecule has 7 heteroatoms. The molecule has 2 aromatic rings. The molecule has 146 valence electrons. The van der Waals surface area contributed by atoms with E-state index in [0.29, 0.717) is 30.7 Å². The summed E-state index contributed by atoms with van der Waals surface area (Å²) < 4.78 is 7.11. The van der Waals surface area contributed by atoms with Crippen LogP contribution in [0.5, 0.6) is 0 Å². The summed E-state index contributed by atoms with van der Waals surface area (Å²) in [6, 6.07) is 6.57. The molecule has 2 fully saturated rings. The molecule has 2 atom stereocenters. The van der Waals surface area contributed by atoms with Gasteiger partial charge in [0.25, 0.3) is 5.91 Å². The molecule has 1 aromatic heterocycles. The highest BCUT2D eigenvalue weighted by Gasteiger charge is 2.53. The highest BCUT2D eigenvalue weighted by atomic mass is 16.6. The summed E-state index contributed by atoms with van der Waals surface area (Å²) in [6.45, 7) is 6.07. The third-order valence-electron chi connectivity index (χ3n) is 5.81. The molecule has 5 rings (SSSR count). The van der Waals surface area contributed by atoms with Crippen LogP contribution in [0.25, 0.3) is 10.9 Å². The van der Waals surface area contributed by atoms with E-state index in [9.17, 15) is 14.4 Å². The Morgan fingerprint density at radius 3 is 2.61 bits per heavy atom. The Balaban J connectivity index is 1.70. The van der Waals surface area contributed by atoms with Gasteiger partial charge in [-0.2, -0.15) is 0 Å². The van der Waals surface area contributed by atoms with E-state index in [1.807, 2.05) is 45.0 Å². The van der Waals surface area contributed by atoms with E-state index in [0.717, 1.165) is 17.4 Å². The third kappa shape index (κ3) is 2.25. The van der Waals surface area contributed by atoms with Crippen molar-refractivity contribution in [1.82, 2.24) is 9.47 Å². The molecule has 28 heavy (non-hydrogen) atoms. The lowest BCUT2D eigenvalue weighted by atomic mass is 10.0. The van der Waals surface area contributed by atoms with Crippen molar-refractivity contribution in [3.63, 3.8) is 0 Å². The van der Waals surface area contributed by atoms with E-state index in [1.165, 1.54) is 4.57 Å². The summed E-state index contributed by atoms with van der Waals surface area (Å²) in [5.74, 6) is 0.400. The Kier molecular flexibility index (Phi) is 3.45. The van der Waals surface area contributed by atoms with Crippen LogP contribution in [0.1, 0.15) is 39.2 Å². The van der Waals surface area contributed by atoms with Crippen LogP contribution in [0.4, 0.5) is 10.6 Å². The molecule has 0 bridgehead atoms. The minimum absolute atomic E-state index is 0.0156. The number of benzene rings is 1. The first-order chi connectivity index (χ1) is 13.3. The number of ether oxygens (including phenoxy) is 1. The smallest absolute Gasteiger partial charge is 0.420 e. The first-order valence-electron chi connectivity index (χ1n) is 9.77.